The molecule has 7 heteroatoms. The molecule has 0 aliphatic heterocycles. The van der Waals surface area contributed by atoms with Gasteiger partial charge in [0.25, 0.3) is 5.56 Å². The van der Waals surface area contributed by atoms with Gasteiger partial charge in [0.05, 0.1) is 11.3 Å². The van der Waals surface area contributed by atoms with Crippen LogP contribution in [-0.2, 0) is 16.1 Å². The third-order valence-electron chi connectivity index (χ3n) is 4.26. The molecule has 1 aliphatic carbocycles. The van der Waals surface area contributed by atoms with Gasteiger partial charge in [0.2, 0.25) is 0 Å². The highest BCUT2D eigenvalue weighted by atomic mass is 32.1. The minimum atomic E-state index is -0.203. The van der Waals surface area contributed by atoms with Gasteiger partial charge in [0.1, 0.15) is 17.3 Å². The molecule has 0 aromatic carbocycles. The molecule has 3 aromatic rings. The minimum absolute atomic E-state index is 0.0101. The number of nitrogens with zero attached hydrogens (tertiary/aromatic N) is 1. The Morgan fingerprint density at radius 1 is 1.46 bits per heavy atom. The van der Waals surface area contributed by atoms with Crippen molar-refractivity contribution in [2.45, 2.75) is 26.9 Å². The van der Waals surface area contributed by atoms with Gasteiger partial charge >= 0.3 is 5.97 Å². The van der Waals surface area contributed by atoms with Gasteiger partial charge in [-0.25, -0.2) is 4.98 Å². The smallest absolute Gasteiger partial charge is 0.309 e. The van der Waals surface area contributed by atoms with Crippen molar-refractivity contribution < 1.29 is 9.53 Å². The number of aromatic amines is 1. The SMILES string of the molecule is Cc1ccc(-c2csc3nc(COC(=O)[C@H]4C[C@@H]4C)[nH]c(=O)c23)s1. The molecule has 3 aromatic heterocycles. The average molecular weight is 360 g/mol. The summed E-state index contributed by atoms with van der Waals surface area (Å²) in [5, 5.41) is 2.56. The maximum Gasteiger partial charge on any atom is 0.309 e. The van der Waals surface area contributed by atoms with Crippen molar-refractivity contribution in [1.29, 1.82) is 0 Å². The van der Waals surface area contributed by atoms with E-state index in [1.54, 1.807) is 11.3 Å². The number of thiophene rings is 2. The van der Waals surface area contributed by atoms with Crippen molar-refractivity contribution in [3.8, 4) is 10.4 Å². The fourth-order valence-corrected chi connectivity index (χ4v) is 4.64. The van der Waals surface area contributed by atoms with Gasteiger partial charge in [-0.15, -0.1) is 22.7 Å². The Labute approximate surface area is 146 Å². The predicted molar refractivity (Wildman–Crippen MR) is 95.4 cm³/mol. The van der Waals surface area contributed by atoms with Crippen LogP contribution in [0.2, 0.25) is 0 Å². The van der Waals surface area contributed by atoms with Gasteiger partial charge in [-0.05, 0) is 31.4 Å². The Kier molecular flexibility index (Phi) is 3.77. The lowest BCUT2D eigenvalue weighted by Gasteiger charge is -2.04. The molecule has 5 nitrogen and oxygen atoms in total. The lowest BCUT2D eigenvalue weighted by atomic mass is 10.2. The van der Waals surface area contributed by atoms with Crippen LogP contribution in [0.4, 0.5) is 0 Å². The molecule has 0 spiro atoms. The van der Waals surface area contributed by atoms with Crippen LogP contribution in [0.25, 0.3) is 20.7 Å². The summed E-state index contributed by atoms with van der Waals surface area (Å²) in [6.45, 7) is 4.08. The maximum absolute atomic E-state index is 12.5. The summed E-state index contributed by atoms with van der Waals surface area (Å²) in [5.74, 6) is 0.605. The lowest BCUT2D eigenvalue weighted by Crippen LogP contribution is -2.15. The van der Waals surface area contributed by atoms with Gasteiger partial charge in [-0.1, -0.05) is 6.92 Å². The van der Waals surface area contributed by atoms with Crippen LogP contribution >= 0.6 is 22.7 Å². The third-order valence-corrected chi connectivity index (χ3v) is 6.17. The Balaban J connectivity index is 1.61. The summed E-state index contributed by atoms with van der Waals surface area (Å²) < 4.78 is 5.26. The molecular formula is C17H16N2O3S2. The summed E-state index contributed by atoms with van der Waals surface area (Å²) in [6, 6.07) is 4.06. The molecule has 24 heavy (non-hydrogen) atoms. The van der Waals surface area contributed by atoms with Gasteiger partial charge in [0, 0.05) is 20.7 Å². The molecule has 1 fully saturated rings. The number of aryl methyl sites for hydroxylation is 1. The second-order valence-electron chi connectivity index (χ2n) is 6.18. The molecule has 3 heterocycles. The molecule has 0 saturated heterocycles. The number of H-pyrrole nitrogens is 1. The van der Waals surface area contributed by atoms with Crippen molar-refractivity contribution in [2.24, 2.45) is 11.8 Å². The second-order valence-corrected chi connectivity index (χ2v) is 8.33. The van der Waals surface area contributed by atoms with Crippen molar-refractivity contribution >= 4 is 38.9 Å². The number of carbonyl (C=O) groups is 1. The molecule has 0 radical (unpaired) electrons. The summed E-state index contributed by atoms with van der Waals surface area (Å²) in [6.07, 6.45) is 0.885. The first-order valence-corrected chi connectivity index (χ1v) is 9.46. The fourth-order valence-electron chi connectivity index (χ4n) is 2.72. The first-order chi connectivity index (χ1) is 11.5. The van der Waals surface area contributed by atoms with E-state index >= 15 is 0 Å². The topological polar surface area (TPSA) is 72.0 Å². The molecule has 0 amide bonds. The van der Waals surface area contributed by atoms with E-state index in [1.165, 1.54) is 16.2 Å². The van der Waals surface area contributed by atoms with Gasteiger partial charge in [-0.3, -0.25) is 9.59 Å². The van der Waals surface area contributed by atoms with Crippen LogP contribution in [0.15, 0.2) is 22.3 Å². The van der Waals surface area contributed by atoms with E-state index in [1.807, 2.05) is 31.4 Å². The zero-order chi connectivity index (χ0) is 16.8. The summed E-state index contributed by atoms with van der Waals surface area (Å²) in [4.78, 5) is 34.4. The zero-order valence-electron chi connectivity index (χ0n) is 13.3. The monoisotopic (exact) mass is 360 g/mol. The second kappa shape index (κ2) is 5.82. The Morgan fingerprint density at radius 3 is 2.92 bits per heavy atom. The van der Waals surface area contributed by atoms with E-state index in [9.17, 15) is 9.59 Å². The molecule has 0 unspecified atom stereocenters. The average Bonchev–Trinajstić information content (AvgIpc) is 2.95. The van der Waals surface area contributed by atoms with Crippen molar-refractivity contribution in [1.82, 2.24) is 9.97 Å². The van der Waals surface area contributed by atoms with Crippen molar-refractivity contribution in [2.75, 3.05) is 0 Å². The normalized spacial score (nSPS) is 19.6. The van der Waals surface area contributed by atoms with Gasteiger partial charge in [-0.2, -0.15) is 0 Å². The number of nitrogens with one attached hydrogen (secondary N) is 1. The Morgan fingerprint density at radius 2 is 2.25 bits per heavy atom. The van der Waals surface area contributed by atoms with Crippen molar-refractivity contribution in [3.63, 3.8) is 0 Å². The zero-order valence-corrected chi connectivity index (χ0v) is 14.9. The first kappa shape index (κ1) is 15.5. The highest BCUT2D eigenvalue weighted by Crippen LogP contribution is 2.39. The van der Waals surface area contributed by atoms with E-state index in [0.29, 0.717) is 22.0 Å². The number of hydrogen-bond donors (Lipinski definition) is 1. The minimum Gasteiger partial charge on any atom is -0.457 e. The summed E-state index contributed by atoms with van der Waals surface area (Å²) in [7, 11) is 0. The van der Waals surface area contributed by atoms with Crippen LogP contribution in [0.1, 0.15) is 24.0 Å². The van der Waals surface area contributed by atoms with E-state index in [-0.39, 0.29) is 24.1 Å². The molecular weight excluding hydrogens is 344 g/mol. The third kappa shape index (κ3) is 2.78. The maximum atomic E-state index is 12.5. The Hall–Kier alpha value is -1.99. The summed E-state index contributed by atoms with van der Waals surface area (Å²) in [5.41, 5.74) is 0.727. The number of carbonyl (C=O) groups excluding carboxylic acids is 1. The predicted octanol–water partition coefficient (Wildman–Crippen LogP) is 3.72. The fraction of sp³-hybridized carbons (Fsp3) is 0.353. The number of rotatable bonds is 4. The largest absolute Gasteiger partial charge is 0.457 e. The molecule has 124 valence electrons. The number of hydrogen-bond acceptors (Lipinski definition) is 6. The van der Waals surface area contributed by atoms with Crippen LogP contribution in [0, 0.1) is 18.8 Å². The van der Waals surface area contributed by atoms with Gasteiger partial charge < -0.3 is 9.72 Å². The number of aromatic nitrogens is 2. The van der Waals surface area contributed by atoms with E-state index in [2.05, 4.69) is 9.97 Å². The lowest BCUT2D eigenvalue weighted by molar-refractivity contribution is -0.147. The van der Waals surface area contributed by atoms with Crippen LogP contribution in [0.3, 0.4) is 0 Å². The molecule has 4 rings (SSSR count). The molecule has 0 bridgehead atoms. The first-order valence-electron chi connectivity index (χ1n) is 7.77. The Bertz CT molecular complexity index is 985. The number of esters is 1. The van der Waals surface area contributed by atoms with E-state index < -0.39 is 0 Å². The number of ether oxygens (including phenoxy) is 1. The summed E-state index contributed by atoms with van der Waals surface area (Å²) >= 11 is 3.09. The quantitative estimate of drug-likeness (QED) is 0.720. The highest BCUT2D eigenvalue weighted by molar-refractivity contribution is 7.19. The van der Waals surface area contributed by atoms with Crippen LogP contribution in [-0.4, -0.2) is 15.9 Å². The van der Waals surface area contributed by atoms with Crippen LogP contribution in [0.5, 0.6) is 0 Å². The molecule has 1 aliphatic rings. The molecule has 1 N–H and O–H groups in total. The van der Waals surface area contributed by atoms with E-state index in [0.717, 1.165) is 16.9 Å². The molecule has 1 saturated carbocycles. The standard InChI is InChI=1S/C17H16N2O3S2/c1-8-5-10(8)17(21)22-6-13-18-15(20)14-11(7-23-16(14)19-13)12-4-3-9(2)24-12/h3-4,7-8,10H,5-6H2,1-2H3,(H,18,19,20)/t8-,10-/m0/s1. The number of fused-ring (bicyclic) bond motifs is 1. The molecule has 2 atom stereocenters. The van der Waals surface area contributed by atoms with Crippen LogP contribution < -0.4 is 5.56 Å². The van der Waals surface area contributed by atoms with E-state index in [4.69, 9.17) is 4.74 Å². The van der Waals surface area contributed by atoms with Crippen molar-refractivity contribution in [3.05, 3.63) is 38.6 Å². The van der Waals surface area contributed by atoms with Gasteiger partial charge in [0.15, 0.2) is 0 Å². The highest BCUT2D eigenvalue weighted by Gasteiger charge is 2.40.